The van der Waals surface area contributed by atoms with Crippen LogP contribution in [0, 0.1) is 11.3 Å². The number of hydrogen-bond donors (Lipinski definition) is 2. The van der Waals surface area contributed by atoms with Gasteiger partial charge in [0.1, 0.15) is 11.8 Å². The van der Waals surface area contributed by atoms with Crippen molar-refractivity contribution in [1.82, 2.24) is 10.2 Å². The van der Waals surface area contributed by atoms with Crippen LogP contribution in [0.4, 0.5) is 0 Å². The van der Waals surface area contributed by atoms with Gasteiger partial charge in [-0.2, -0.15) is 5.26 Å². The number of ether oxygens (including phenoxy) is 1. The average molecular weight is 474 g/mol. The van der Waals surface area contributed by atoms with Crippen molar-refractivity contribution >= 4 is 35.1 Å². The van der Waals surface area contributed by atoms with Crippen LogP contribution in [0.5, 0.6) is 0 Å². The van der Waals surface area contributed by atoms with Gasteiger partial charge in [-0.1, -0.05) is 35.8 Å². The molecule has 32 heavy (non-hydrogen) atoms. The maximum Gasteiger partial charge on any atom is 0.337 e. The predicted octanol–water partition coefficient (Wildman–Crippen LogP) is 3.97. The second kappa shape index (κ2) is 9.61. The maximum atomic E-state index is 13.2. The van der Waals surface area contributed by atoms with E-state index in [1.165, 1.54) is 12.1 Å². The number of amides is 1. The summed E-state index contributed by atoms with van der Waals surface area (Å²) in [5.74, 6) is -1.49. The van der Waals surface area contributed by atoms with E-state index < -0.39 is 11.5 Å². The van der Waals surface area contributed by atoms with Gasteiger partial charge in [0.05, 0.1) is 33.3 Å². The summed E-state index contributed by atoms with van der Waals surface area (Å²) in [4.78, 5) is 26.3. The van der Waals surface area contributed by atoms with Crippen molar-refractivity contribution in [2.45, 2.75) is 18.4 Å². The summed E-state index contributed by atoms with van der Waals surface area (Å²) < 4.78 is 5.56. The van der Waals surface area contributed by atoms with Crippen LogP contribution >= 0.6 is 23.2 Å². The molecule has 1 atom stereocenters. The Morgan fingerprint density at radius 1 is 1.41 bits per heavy atom. The number of halogens is 2. The Bertz CT molecular complexity index is 1110. The predicted molar refractivity (Wildman–Crippen MR) is 121 cm³/mol. The van der Waals surface area contributed by atoms with Crippen LogP contribution in [0.3, 0.4) is 0 Å². The fraction of sp³-hybridized carbons (Fsp3) is 0.261. The van der Waals surface area contributed by atoms with E-state index in [0.717, 1.165) is 5.70 Å². The Labute approximate surface area is 195 Å². The number of benzene rings is 1. The highest BCUT2D eigenvalue weighted by Crippen LogP contribution is 2.33. The molecule has 2 heterocycles. The largest absolute Gasteiger partial charge is 0.478 e. The molecule has 1 amide bonds. The molecule has 2 N–H and O–H groups in total. The summed E-state index contributed by atoms with van der Waals surface area (Å²) >= 11 is 11.8. The molecule has 2 aliphatic heterocycles. The first-order valence-electron chi connectivity index (χ1n) is 9.72. The molecule has 1 fully saturated rings. The quantitative estimate of drug-likeness (QED) is 0.605. The molecular weight excluding hydrogens is 453 g/mol. The molecule has 7 nitrogen and oxygen atoms in total. The first kappa shape index (κ1) is 23.6. The third-order valence-corrected chi connectivity index (χ3v) is 6.16. The Morgan fingerprint density at radius 2 is 2.16 bits per heavy atom. The van der Waals surface area contributed by atoms with Gasteiger partial charge in [-0.15, -0.1) is 0 Å². The van der Waals surface area contributed by atoms with E-state index >= 15 is 0 Å². The van der Waals surface area contributed by atoms with Crippen molar-refractivity contribution < 1.29 is 19.4 Å². The van der Waals surface area contributed by atoms with E-state index in [2.05, 4.69) is 11.9 Å². The molecule has 0 bridgehead atoms. The van der Waals surface area contributed by atoms with Gasteiger partial charge in [0.2, 0.25) is 0 Å². The zero-order valence-corrected chi connectivity index (χ0v) is 18.8. The highest BCUT2D eigenvalue weighted by atomic mass is 35.5. The van der Waals surface area contributed by atoms with Crippen LogP contribution in [0.2, 0.25) is 0 Å². The number of aromatic carboxylic acids is 1. The van der Waals surface area contributed by atoms with Gasteiger partial charge >= 0.3 is 5.97 Å². The Hall–Kier alpha value is -3.05. The van der Waals surface area contributed by atoms with Crippen LogP contribution in [-0.4, -0.2) is 42.1 Å². The standard InChI is InChI=1S/C23H21Cl2N3O4/c1-14(24)19(25)7-4-17-5-8-20(28(17)2)21(29)27-23(9-10-32-13-23)16-3-6-18(22(30)31)15(11-16)12-26/h3-4,6-8,11H,1,5,9-10,13H2,2H3,(H,27,29)(H,30,31)/b17-4+,19-7+. The number of likely N-dealkylation sites (N-methyl/N-ethyl adjacent to an activating group) is 1. The second-order valence-corrected chi connectivity index (χ2v) is 8.31. The lowest BCUT2D eigenvalue weighted by molar-refractivity contribution is -0.120. The summed E-state index contributed by atoms with van der Waals surface area (Å²) in [6, 6.07) is 6.41. The fourth-order valence-corrected chi connectivity index (χ4v) is 3.81. The lowest BCUT2D eigenvalue weighted by atomic mass is 9.86. The molecule has 0 aliphatic carbocycles. The van der Waals surface area contributed by atoms with Crippen LogP contribution < -0.4 is 5.32 Å². The maximum absolute atomic E-state index is 13.2. The molecule has 0 spiro atoms. The zero-order chi connectivity index (χ0) is 23.5. The van der Waals surface area contributed by atoms with Gasteiger partial charge in [0.25, 0.3) is 5.91 Å². The van der Waals surface area contributed by atoms with Gasteiger partial charge in [-0.05, 0) is 35.9 Å². The molecule has 1 saturated heterocycles. The molecule has 1 aromatic rings. The van der Waals surface area contributed by atoms with Crippen molar-refractivity contribution in [3.05, 3.63) is 81.2 Å². The highest BCUT2D eigenvalue weighted by molar-refractivity contribution is 6.43. The highest BCUT2D eigenvalue weighted by Gasteiger charge is 2.40. The molecule has 0 radical (unpaired) electrons. The van der Waals surface area contributed by atoms with Gasteiger partial charge < -0.3 is 20.1 Å². The van der Waals surface area contributed by atoms with E-state index in [9.17, 15) is 20.0 Å². The minimum atomic E-state index is -1.18. The van der Waals surface area contributed by atoms with E-state index in [4.69, 9.17) is 27.9 Å². The van der Waals surface area contributed by atoms with Gasteiger partial charge in [0.15, 0.2) is 0 Å². The number of allylic oxidation sites excluding steroid dienone is 5. The number of rotatable bonds is 6. The Kier molecular flexibility index (Phi) is 7.09. The molecule has 9 heteroatoms. The van der Waals surface area contributed by atoms with E-state index in [1.807, 2.05) is 6.07 Å². The Morgan fingerprint density at radius 3 is 2.75 bits per heavy atom. The van der Waals surface area contributed by atoms with Crippen molar-refractivity contribution in [1.29, 1.82) is 5.26 Å². The number of carboxylic acid groups (broad SMARTS) is 1. The average Bonchev–Trinajstić information content (AvgIpc) is 3.38. The van der Waals surface area contributed by atoms with Crippen LogP contribution in [0.1, 0.15) is 34.3 Å². The topological polar surface area (TPSA) is 103 Å². The first-order valence-corrected chi connectivity index (χ1v) is 10.5. The minimum absolute atomic E-state index is 0.0301. The molecule has 0 saturated carbocycles. The number of hydrogen-bond acceptors (Lipinski definition) is 5. The minimum Gasteiger partial charge on any atom is -0.478 e. The Balaban J connectivity index is 1.85. The molecular formula is C23H21Cl2N3O4. The van der Waals surface area contributed by atoms with Crippen LogP contribution in [-0.2, 0) is 15.1 Å². The molecule has 0 aromatic heterocycles. The molecule has 166 valence electrons. The summed E-state index contributed by atoms with van der Waals surface area (Å²) in [5, 5.41) is 22.2. The summed E-state index contributed by atoms with van der Waals surface area (Å²) in [6.45, 7) is 4.20. The normalized spacial score (nSPS) is 21.9. The van der Waals surface area contributed by atoms with Gasteiger partial charge in [-0.3, -0.25) is 4.79 Å². The van der Waals surface area contributed by atoms with Crippen molar-refractivity contribution in [2.75, 3.05) is 20.3 Å². The number of nitrogens with one attached hydrogen (secondary N) is 1. The molecule has 3 rings (SSSR count). The van der Waals surface area contributed by atoms with Crippen molar-refractivity contribution in [3.8, 4) is 6.07 Å². The van der Waals surface area contributed by atoms with E-state index in [1.54, 1.807) is 36.2 Å². The summed E-state index contributed by atoms with van der Waals surface area (Å²) in [5.41, 5.74) is 1.00. The smallest absolute Gasteiger partial charge is 0.337 e. The molecule has 1 aromatic carbocycles. The number of carboxylic acids is 1. The van der Waals surface area contributed by atoms with Crippen LogP contribution in [0.25, 0.3) is 0 Å². The molecule has 2 aliphatic rings. The zero-order valence-electron chi connectivity index (χ0n) is 17.3. The van der Waals surface area contributed by atoms with Gasteiger partial charge in [0, 0.05) is 32.2 Å². The van der Waals surface area contributed by atoms with Crippen molar-refractivity contribution in [3.63, 3.8) is 0 Å². The van der Waals surface area contributed by atoms with E-state index in [0.29, 0.717) is 35.7 Å². The number of carbonyl (C=O) groups is 2. The first-order chi connectivity index (χ1) is 15.2. The van der Waals surface area contributed by atoms with Crippen molar-refractivity contribution in [2.24, 2.45) is 0 Å². The SMILES string of the molecule is C=C(Cl)/C(Cl)=C\C=C1/CC=C(C(=O)NC2(c3ccc(C(=O)O)c(C#N)c3)CCOC2)N1C. The second-order valence-electron chi connectivity index (χ2n) is 7.45. The third-order valence-electron chi connectivity index (χ3n) is 5.51. The van der Waals surface area contributed by atoms with E-state index in [-0.39, 0.29) is 28.7 Å². The molecule has 1 unspecified atom stereocenters. The number of nitrogens with zero attached hydrogens (tertiary/aromatic N) is 2. The monoisotopic (exact) mass is 473 g/mol. The third kappa shape index (κ3) is 4.73. The summed E-state index contributed by atoms with van der Waals surface area (Å²) in [7, 11) is 1.77. The lowest BCUT2D eigenvalue weighted by Crippen LogP contribution is -2.48. The van der Waals surface area contributed by atoms with Crippen LogP contribution in [0.15, 0.2) is 64.5 Å². The lowest BCUT2D eigenvalue weighted by Gasteiger charge is -2.31. The summed E-state index contributed by atoms with van der Waals surface area (Å²) in [6.07, 6.45) is 6.22. The number of nitriles is 1. The fourth-order valence-electron chi connectivity index (χ4n) is 3.68. The number of carbonyl (C=O) groups excluding carboxylic acids is 1. The van der Waals surface area contributed by atoms with Gasteiger partial charge in [-0.25, -0.2) is 4.79 Å².